The monoisotopic (exact) mass is 422 g/mol. The number of aromatic nitrogens is 3. The van der Waals surface area contributed by atoms with E-state index in [1.54, 1.807) is 16.7 Å². The minimum absolute atomic E-state index is 0.0200. The van der Waals surface area contributed by atoms with Crippen molar-refractivity contribution in [3.8, 4) is 0 Å². The van der Waals surface area contributed by atoms with Crippen LogP contribution in [0.25, 0.3) is 10.9 Å². The Hall–Kier alpha value is -2.26. The zero-order valence-electron chi connectivity index (χ0n) is 16.3. The molecule has 0 atom stereocenters. The molecule has 3 heterocycles. The molecule has 0 saturated heterocycles. The van der Waals surface area contributed by atoms with E-state index in [2.05, 4.69) is 38.8 Å². The average molecular weight is 422 g/mol. The highest BCUT2D eigenvalue weighted by Crippen LogP contribution is 2.36. The maximum absolute atomic E-state index is 13.5. The number of thioether (sulfide) groups is 1. The highest BCUT2D eigenvalue weighted by atomic mass is 32.2. The summed E-state index contributed by atoms with van der Waals surface area (Å²) in [4.78, 5) is 10.9. The molecular formula is C20H21F3N4OS. The average Bonchev–Trinajstić information content (AvgIpc) is 3.03. The number of rotatable bonds is 3. The molecule has 3 aromatic rings. The predicted octanol–water partition coefficient (Wildman–Crippen LogP) is 4.42. The van der Waals surface area contributed by atoms with Crippen molar-refractivity contribution in [1.82, 2.24) is 14.5 Å². The van der Waals surface area contributed by atoms with E-state index in [1.165, 1.54) is 18.7 Å². The van der Waals surface area contributed by atoms with Gasteiger partial charge < -0.3 is 14.6 Å². The third kappa shape index (κ3) is 3.69. The summed E-state index contributed by atoms with van der Waals surface area (Å²) in [6.45, 7) is 4.14. The minimum atomic E-state index is -4.67. The predicted molar refractivity (Wildman–Crippen MR) is 107 cm³/mol. The lowest BCUT2D eigenvalue weighted by Crippen LogP contribution is -2.35. The van der Waals surface area contributed by atoms with Gasteiger partial charge in [-0.25, -0.2) is 9.97 Å². The number of alkyl halides is 3. The Kier molecular flexibility index (Phi) is 4.77. The highest BCUT2D eigenvalue weighted by Gasteiger charge is 2.40. The van der Waals surface area contributed by atoms with Crippen molar-refractivity contribution < 1.29 is 18.3 Å². The van der Waals surface area contributed by atoms with Crippen molar-refractivity contribution in [3.05, 3.63) is 47.4 Å². The van der Waals surface area contributed by atoms with Gasteiger partial charge in [0.25, 0.3) is 0 Å². The van der Waals surface area contributed by atoms with Crippen LogP contribution >= 0.6 is 11.8 Å². The molecular weight excluding hydrogens is 401 g/mol. The zero-order valence-corrected chi connectivity index (χ0v) is 17.1. The van der Waals surface area contributed by atoms with Crippen LogP contribution in [0, 0.1) is 0 Å². The summed E-state index contributed by atoms with van der Waals surface area (Å²) < 4.78 is 42.8. The molecule has 0 amide bonds. The van der Waals surface area contributed by atoms with Gasteiger partial charge in [-0.1, -0.05) is 6.07 Å². The quantitative estimate of drug-likeness (QED) is 0.634. The smallest absolute Gasteiger partial charge is 0.386 e. The molecule has 1 aromatic carbocycles. The first-order valence-corrected chi connectivity index (χ1v) is 10.4. The first kappa shape index (κ1) is 20.0. The lowest BCUT2D eigenvalue weighted by Gasteiger charge is -2.30. The first-order valence-electron chi connectivity index (χ1n) is 9.16. The molecule has 1 N–H and O–H groups in total. The van der Waals surface area contributed by atoms with Crippen LogP contribution in [-0.4, -0.2) is 32.4 Å². The molecule has 0 fully saturated rings. The lowest BCUT2D eigenvalue weighted by molar-refractivity contribution is -0.144. The summed E-state index contributed by atoms with van der Waals surface area (Å²) >= 11 is 1.67. The van der Waals surface area contributed by atoms with Gasteiger partial charge in [0.2, 0.25) is 5.95 Å². The zero-order chi connectivity index (χ0) is 21.0. The van der Waals surface area contributed by atoms with Crippen molar-refractivity contribution in [1.29, 1.82) is 0 Å². The Morgan fingerprint density at radius 3 is 2.55 bits per heavy atom. The van der Waals surface area contributed by atoms with Crippen LogP contribution in [0.15, 0.2) is 35.4 Å². The number of hydrogen-bond acceptors (Lipinski definition) is 5. The van der Waals surface area contributed by atoms with Crippen molar-refractivity contribution in [2.24, 2.45) is 0 Å². The molecule has 2 aromatic heterocycles. The van der Waals surface area contributed by atoms with Crippen LogP contribution in [0.5, 0.6) is 0 Å². The maximum atomic E-state index is 13.5. The van der Waals surface area contributed by atoms with E-state index in [9.17, 15) is 18.3 Å². The standard InChI is InChI=1S/C20H21F3N4OS/c1-19(2,28)15-10-24-18(25-17(15)20(21,22)23)26-6-7-27-13(11-26)8-12-4-5-14(29-3)9-16(12)27/h4-5,8-10,28H,6-7,11H2,1-3H3. The van der Waals surface area contributed by atoms with E-state index >= 15 is 0 Å². The highest BCUT2D eigenvalue weighted by molar-refractivity contribution is 7.98. The number of fused-ring (bicyclic) bond motifs is 3. The summed E-state index contributed by atoms with van der Waals surface area (Å²) in [5.41, 5.74) is -0.976. The number of benzene rings is 1. The van der Waals surface area contributed by atoms with E-state index < -0.39 is 17.5 Å². The van der Waals surface area contributed by atoms with Crippen LogP contribution in [0.3, 0.4) is 0 Å². The molecule has 0 unspecified atom stereocenters. The van der Waals surface area contributed by atoms with Crippen molar-refractivity contribution in [2.45, 2.75) is 43.6 Å². The van der Waals surface area contributed by atoms with Gasteiger partial charge in [0, 0.05) is 46.3 Å². The molecule has 9 heteroatoms. The number of halogens is 3. The van der Waals surface area contributed by atoms with Crippen LogP contribution in [0.1, 0.15) is 30.8 Å². The summed E-state index contributed by atoms with van der Waals surface area (Å²) in [5.74, 6) is 0.0200. The van der Waals surface area contributed by atoms with Gasteiger partial charge in [-0.05, 0) is 38.3 Å². The second-order valence-corrected chi connectivity index (χ2v) is 8.50. The van der Waals surface area contributed by atoms with Gasteiger partial charge in [0.1, 0.15) is 0 Å². The van der Waals surface area contributed by atoms with Gasteiger partial charge in [-0.3, -0.25) is 0 Å². The normalized spacial score (nSPS) is 15.1. The Morgan fingerprint density at radius 1 is 1.14 bits per heavy atom. The molecule has 154 valence electrons. The number of anilines is 1. The second kappa shape index (κ2) is 6.91. The molecule has 0 aliphatic carbocycles. The fourth-order valence-corrected chi connectivity index (χ4v) is 4.10. The van der Waals surface area contributed by atoms with Crippen molar-refractivity contribution in [2.75, 3.05) is 17.7 Å². The molecule has 29 heavy (non-hydrogen) atoms. The van der Waals surface area contributed by atoms with Gasteiger partial charge in [0.15, 0.2) is 5.69 Å². The lowest BCUT2D eigenvalue weighted by atomic mass is 9.98. The van der Waals surface area contributed by atoms with Gasteiger partial charge in [-0.2, -0.15) is 13.2 Å². The molecule has 4 rings (SSSR count). The van der Waals surface area contributed by atoms with Crippen molar-refractivity contribution >= 4 is 28.6 Å². The van der Waals surface area contributed by atoms with E-state index in [4.69, 9.17) is 0 Å². The van der Waals surface area contributed by atoms with Gasteiger partial charge in [-0.15, -0.1) is 11.8 Å². The molecule has 1 aliphatic heterocycles. The molecule has 0 radical (unpaired) electrons. The summed E-state index contributed by atoms with van der Waals surface area (Å²) in [7, 11) is 0. The Labute approximate surface area is 170 Å². The third-order valence-corrected chi connectivity index (χ3v) is 5.86. The summed E-state index contributed by atoms with van der Waals surface area (Å²) in [6.07, 6.45) is -1.57. The molecule has 0 saturated carbocycles. The topological polar surface area (TPSA) is 54.2 Å². The van der Waals surface area contributed by atoms with E-state index in [0.29, 0.717) is 19.6 Å². The number of hydrogen-bond donors (Lipinski definition) is 1. The summed E-state index contributed by atoms with van der Waals surface area (Å²) in [5, 5.41) is 11.2. The SMILES string of the molecule is CSc1ccc2cc3n(c2c1)CCN(c1ncc(C(C)(C)O)c(C(F)(F)F)n1)C3. The minimum Gasteiger partial charge on any atom is -0.386 e. The fourth-order valence-electron chi connectivity index (χ4n) is 3.67. The maximum Gasteiger partial charge on any atom is 0.433 e. The largest absolute Gasteiger partial charge is 0.433 e. The molecule has 5 nitrogen and oxygen atoms in total. The Bertz CT molecular complexity index is 1070. The summed E-state index contributed by atoms with van der Waals surface area (Å²) in [6, 6.07) is 8.31. The van der Waals surface area contributed by atoms with E-state index in [1.807, 2.05) is 6.26 Å². The Balaban J connectivity index is 1.71. The molecule has 1 aliphatic rings. The Morgan fingerprint density at radius 2 is 1.90 bits per heavy atom. The fraction of sp³-hybridized carbons (Fsp3) is 0.400. The molecule has 0 bridgehead atoms. The van der Waals surface area contributed by atoms with E-state index in [-0.39, 0.29) is 11.5 Å². The van der Waals surface area contributed by atoms with E-state index in [0.717, 1.165) is 22.8 Å². The van der Waals surface area contributed by atoms with Crippen molar-refractivity contribution in [3.63, 3.8) is 0 Å². The number of aliphatic hydroxyl groups is 1. The van der Waals surface area contributed by atoms with Crippen LogP contribution in [-0.2, 0) is 24.9 Å². The van der Waals surface area contributed by atoms with Gasteiger partial charge in [0.05, 0.1) is 12.1 Å². The second-order valence-electron chi connectivity index (χ2n) is 7.62. The third-order valence-electron chi connectivity index (χ3n) is 5.13. The molecule has 0 spiro atoms. The van der Waals surface area contributed by atoms with Crippen LogP contribution in [0.2, 0.25) is 0 Å². The van der Waals surface area contributed by atoms with Gasteiger partial charge >= 0.3 is 6.18 Å². The van der Waals surface area contributed by atoms with Crippen LogP contribution in [0.4, 0.5) is 19.1 Å². The first-order chi connectivity index (χ1) is 13.6. The van der Waals surface area contributed by atoms with Crippen LogP contribution < -0.4 is 4.90 Å². The number of nitrogens with zero attached hydrogens (tertiary/aromatic N) is 4.